The van der Waals surface area contributed by atoms with Gasteiger partial charge in [-0.3, -0.25) is 4.79 Å². The molecule has 0 radical (unpaired) electrons. The quantitative estimate of drug-likeness (QED) is 0.443. The van der Waals surface area contributed by atoms with Crippen LogP contribution < -0.4 is 0 Å². The van der Waals surface area contributed by atoms with Crippen LogP contribution in [0.2, 0.25) is 18.1 Å². The lowest BCUT2D eigenvalue weighted by molar-refractivity contribution is -0.157. The van der Waals surface area contributed by atoms with Crippen molar-refractivity contribution < 1.29 is 18.7 Å². The molecule has 5 heteroatoms. The summed E-state index contributed by atoms with van der Waals surface area (Å²) in [5.74, 6) is -0.211. The van der Waals surface area contributed by atoms with Crippen LogP contribution in [-0.2, 0) is 18.7 Å². The normalized spacial score (nSPS) is 21.5. The van der Waals surface area contributed by atoms with Gasteiger partial charge in [0.1, 0.15) is 11.7 Å². The van der Waals surface area contributed by atoms with E-state index in [1.807, 2.05) is 20.8 Å². The molecule has 1 saturated heterocycles. The molecule has 1 aliphatic rings. The molecule has 0 aromatic heterocycles. The van der Waals surface area contributed by atoms with Crippen molar-refractivity contribution in [3.63, 3.8) is 0 Å². The van der Waals surface area contributed by atoms with Crippen LogP contribution in [0.5, 0.6) is 0 Å². The molecule has 0 aliphatic carbocycles. The Kier molecular flexibility index (Phi) is 5.10. The van der Waals surface area contributed by atoms with Crippen LogP contribution in [0.25, 0.3) is 0 Å². The van der Waals surface area contributed by atoms with Crippen molar-refractivity contribution in [1.29, 1.82) is 0 Å². The molecular formula is C15H30O4Si. The maximum absolute atomic E-state index is 12.0. The second-order valence-corrected chi connectivity index (χ2v) is 12.8. The first-order valence-electron chi connectivity index (χ1n) is 7.33. The van der Waals surface area contributed by atoms with E-state index in [1.54, 1.807) is 0 Å². The number of hydrogen-bond donors (Lipinski definition) is 0. The SMILES string of the molecule is CC(C)(C)OC(=O)CC(O[Si](C)(C)C(C)(C)C)C1CO1. The van der Waals surface area contributed by atoms with E-state index in [4.69, 9.17) is 13.9 Å². The van der Waals surface area contributed by atoms with Crippen LogP contribution in [-0.4, -0.2) is 38.7 Å². The predicted octanol–water partition coefficient (Wildman–Crippen LogP) is 3.51. The van der Waals surface area contributed by atoms with Crippen molar-refractivity contribution in [1.82, 2.24) is 0 Å². The molecule has 4 nitrogen and oxygen atoms in total. The molecular weight excluding hydrogens is 272 g/mol. The van der Waals surface area contributed by atoms with Gasteiger partial charge in [-0.05, 0) is 38.9 Å². The highest BCUT2D eigenvalue weighted by atomic mass is 28.4. The molecule has 0 amide bonds. The van der Waals surface area contributed by atoms with Crippen LogP contribution in [0.1, 0.15) is 48.0 Å². The minimum absolute atomic E-state index is 0.0524. The molecule has 1 rings (SSSR count). The van der Waals surface area contributed by atoms with Crippen molar-refractivity contribution >= 4 is 14.3 Å². The van der Waals surface area contributed by atoms with Gasteiger partial charge in [-0.15, -0.1) is 0 Å². The Labute approximate surface area is 124 Å². The molecule has 0 N–H and O–H groups in total. The van der Waals surface area contributed by atoms with Gasteiger partial charge in [0.2, 0.25) is 0 Å². The summed E-state index contributed by atoms with van der Waals surface area (Å²) in [7, 11) is -1.90. The monoisotopic (exact) mass is 302 g/mol. The largest absolute Gasteiger partial charge is 0.460 e. The zero-order valence-corrected chi connectivity index (χ0v) is 15.2. The zero-order chi connectivity index (χ0) is 15.8. The van der Waals surface area contributed by atoms with Crippen LogP contribution in [0.4, 0.5) is 0 Å². The fraction of sp³-hybridized carbons (Fsp3) is 0.933. The van der Waals surface area contributed by atoms with E-state index < -0.39 is 13.9 Å². The highest BCUT2D eigenvalue weighted by molar-refractivity contribution is 6.74. The summed E-state index contributed by atoms with van der Waals surface area (Å²) in [5, 5.41) is 0.119. The van der Waals surface area contributed by atoms with E-state index in [0.29, 0.717) is 6.61 Å². The van der Waals surface area contributed by atoms with Crippen LogP contribution in [0.3, 0.4) is 0 Å². The molecule has 0 aromatic carbocycles. The van der Waals surface area contributed by atoms with E-state index in [9.17, 15) is 4.79 Å². The smallest absolute Gasteiger partial charge is 0.308 e. The summed E-state index contributed by atoms with van der Waals surface area (Å²) >= 11 is 0. The molecule has 118 valence electrons. The van der Waals surface area contributed by atoms with E-state index in [0.717, 1.165) is 0 Å². The van der Waals surface area contributed by atoms with Crippen LogP contribution in [0.15, 0.2) is 0 Å². The number of rotatable bonds is 5. The Balaban J connectivity index is 2.65. The summed E-state index contributed by atoms with van der Waals surface area (Å²) in [4.78, 5) is 12.0. The zero-order valence-electron chi connectivity index (χ0n) is 14.2. The maximum atomic E-state index is 12.0. The molecule has 0 aromatic rings. The first kappa shape index (κ1) is 17.7. The van der Waals surface area contributed by atoms with E-state index in [-0.39, 0.29) is 29.6 Å². The Morgan fingerprint density at radius 1 is 1.25 bits per heavy atom. The molecule has 1 heterocycles. The van der Waals surface area contributed by atoms with Crippen LogP contribution >= 0.6 is 0 Å². The Morgan fingerprint density at radius 2 is 1.75 bits per heavy atom. The van der Waals surface area contributed by atoms with Crippen molar-refractivity contribution in [3.8, 4) is 0 Å². The highest BCUT2D eigenvalue weighted by Crippen LogP contribution is 2.39. The number of carbonyl (C=O) groups is 1. The van der Waals surface area contributed by atoms with Gasteiger partial charge in [0.05, 0.1) is 19.1 Å². The number of ether oxygens (including phenoxy) is 2. The van der Waals surface area contributed by atoms with Gasteiger partial charge in [0.25, 0.3) is 0 Å². The summed E-state index contributed by atoms with van der Waals surface area (Å²) in [6.07, 6.45) is 0.149. The molecule has 1 aliphatic heterocycles. The maximum Gasteiger partial charge on any atom is 0.308 e. The third-order valence-corrected chi connectivity index (χ3v) is 8.32. The molecule has 0 saturated carbocycles. The minimum atomic E-state index is -1.90. The van der Waals surface area contributed by atoms with Gasteiger partial charge < -0.3 is 13.9 Å². The number of epoxide rings is 1. The molecule has 1 fully saturated rings. The third-order valence-electron chi connectivity index (χ3n) is 3.81. The van der Waals surface area contributed by atoms with Crippen LogP contribution in [0, 0.1) is 0 Å². The van der Waals surface area contributed by atoms with E-state index >= 15 is 0 Å². The number of esters is 1. The summed E-state index contributed by atoms with van der Waals surface area (Å²) in [5.41, 5.74) is -0.455. The predicted molar refractivity (Wildman–Crippen MR) is 82.3 cm³/mol. The Hall–Kier alpha value is -0.393. The average Bonchev–Trinajstić information content (AvgIpc) is 2.93. The van der Waals surface area contributed by atoms with Crippen molar-refractivity contribution in [2.45, 2.75) is 83.9 Å². The molecule has 20 heavy (non-hydrogen) atoms. The fourth-order valence-electron chi connectivity index (χ4n) is 1.62. The number of carbonyl (C=O) groups excluding carboxylic acids is 1. The van der Waals surface area contributed by atoms with Gasteiger partial charge >= 0.3 is 5.97 Å². The van der Waals surface area contributed by atoms with Gasteiger partial charge in [0, 0.05) is 0 Å². The Bertz CT molecular complexity index is 348. The first-order valence-corrected chi connectivity index (χ1v) is 10.2. The first-order chi connectivity index (χ1) is 8.82. The van der Waals surface area contributed by atoms with E-state index in [2.05, 4.69) is 33.9 Å². The van der Waals surface area contributed by atoms with E-state index in [1.165, 1.54) is 0 Å². The molecule has 2 atom stereocenters. The highest BCUT2D eigenvalue weighted by Gasteiger charge is 2.44. The fourth-order valence-corrected chi connectivity index (χ4v) is 2.97. The second kappa shape index (κ2) is 5.77. The topological polar surface area (TPSA) is 48.1 Å². The number of hydrogen-bond acceptors (Lipinski definition) is 4. The van der Waals surface area contributed by atoms with Gasteiger partial charge in [0.15, 0.2) is 8.32 Å². The molecule has 0 spiro atoms. The third kappa shape index (κ3) is 5.54. The lowest BCUT2D eigenvalue weighted by atomic mass is 10.1. The summed E-state index contributed by atoms with van der Waals surface area (Å²) in [6, 6.07) is 0. The van der Waals surface area contributed by atoms with Crippen molar-refractivity contribution in [2.75, 3.05) is 6.61 Å². The van der Waals surface area contributed by atoms with Gasteiger partial charge in [-0.1, -0.05) is 20.8 Å². The standard InChI is InChI=1S/C15H30O4Si/c1-14(2,3)18-13(16)9-11(12-10-17-12)19-20(7,8)15(4,5)6/h11-12H,9-10H2,1-8H3. The molecule has 2 unspecified atom stereocenters. The molecule has 0 bridgehead atoms. The lowest BCUT2D eigenvalue weighted by Gasteiger charge is -2.39. The van der Waals surface area contributed by atoms with Crippen molar-refractivity contribution in [3.05, 3.63) is 0 Å². The Morgan fingerprint density at radius 3 is 2.10 bits per heavy atom. The van der Waals surface area contributed by atoms with Gasteiger partial charge in [-0.25, -0.2) is 0 Å². The summed E-state index contributed by atoms with van der Waals surface area (Å²) < 4.78 is 17.1. The summed E-state index contributed by atoms with van der Waals surface area (Å²) in [6.45, 7) is 17.3. The second-order valence-electron chi connectivity index (χ2n) is 8.08. The van der Waals surface area contributed by atoms with Gasteiger partial charge in [-0.2, -0.15) is 0 Å². The van der Waals surface area contributed by atoms with Crippen molar-refractivity contribution in [2.24, 2.45) is 0 Å². The minimum Gasteiger partial charge on any atom is -0.460 e. The average molecular weight is 302 g/mol. The lowest BCUT2D eigenvalue weighted by Crippen LogP contribution is -2.46.